The first kappa shape index (κ1) is 20.4. The topological polar surface area (TPSA) is 55.8 Å². The van der Waals surface area contributed by atoms with E-state index in [9.17, 15) is 9.90 Å². The molecule has 0 heterocycles. The van der Waals surface area contributed by atoms with E-state index in [1.165, 1.54) is 7.11 Å². The maximum absolute atomic E-state index is 11.8. The molecule has 0 unspecified atom stereocenters. The molecule has 2 aliphatic carbocycles. The van der Waals surface area contributed by atoms with Crippen molar-refractivity contribution in [3.63, 3.8) is 0 Å². The molecule has 0 amide bonds. The van der Waals surface area contributed by atoms with E-state index in [2.05, 4.69) is 27.7 Å². The zero-order chi connectivity index (χ0) is 18.7. The summed E-state index contributed by atoms with van der Waals surface area (Å²) in [6.07, 6.45) is 6.75. The fourth-order valence-electron chi connectivity index (χ4n) is 4.59. The molecule has 0 bridgehead atoms. The number of fused-ring (bicyclic) bond motifs is 1. The van der Waals surface area contributed by atoms with Crippen LogP contribution < -0.4 is 0 Å². The Morgan fingerprint density at radius 3 is 2.48 bits per heavy atom. The normalized spacial score (nSPS) is 27.8. The number of allylic oxidation sites excluding steroid dienone is 2. The molecule has 142 valence electrons. The van der Waals surface area contributed by atoms with Crippen LogP contribution >= 0.6 is 0 Å². The fourth-order valence-corrected chi connectivity index (χ4v) is 7.54. The summed E-state index contributed by atoms with van der Waals surface area (Å²) >= 11 is 0. The molecule has 0 aromatic carbocycles. The number of esters is 1. The van der Waals surface area contributed by atoms with E-state index in [0.29, 0.717) is 18.4 Å². The third-order valence-corrected chi connectivity index (χ3v) is 11.3. The lowest BCUT2D eigenvalue weighted by Crippen LogP contribution is -2.47. The molecule has 0 saturated heterocycles. The zero-order valence-corrected chi connectivity index (χ0v) is 17.4. The molecule has 0 aromatic heterocycles. The highest BCUT2D eigenvalue weighted by Crippen LogP contribution is 2.48. The van der Waals surface area contributed by atoms with Crippen LogP contribution in [0, 0.1) is 5.92 Å². The Kier molecular flexibility index (Phi) is 6.68. The van der Waals surface area contributed by atoms with Gasteiger partial charge in [0.25, 0.3) is 0 Å². The molecule has 0 aliphatic heterocycles. The highest BCUT2D eigenvalue weighted by molar-refractivity contribution is 6.73. The Labute approximate surface area is 153 Å². The summed E-state index contributed by atoms with van der Waals surface area (Å²) < 4.78 is 11.5. The minimum atomic E-state index is -1.70. The van der Waals surface area contributed by atoms with Crippen molar-refractivity contribution in [1.82, 2.24) is 0 Å². The summed E-state index contributed by atoms with van der Waals surface area (Å²) in [5, 5.41) is 11.5. The number of rotatable bonds is 7. The van der Waals surface area contributed by atoms with E-state index >= 15 is 0 Å². The number of aliphatic hydroxyl groups is 1. The quantitative estimate of drug-likeness (QED) is 0.537. The largest absolute Gasteiger partial charge is 0.466 e. The molecule has 2 aliphatic rings. The van der Waals surface area contributed by atoms with Crippen molar-refractivity contribution in [3.05, 3.63) is 23.3 Å². The predicted molar refractivity (Wildman–Crippen MR) is 103 cm³/mol. The van der Waals surface area contributed by atoms with Gasteiger partial charge in [-0.25, -0.2) is 4.79 Å². The van der Waals surface area contributed by atoms with Crippen molar-refractivity contribution in [2.45, 2.75) is 83.2 Å². The van der Waals surface area contributed by atoms with Gasteiger partial charge in [-0.05, 0) is 56.3 Å². The van der Waals surface area contributed by atoms with Crippen LogP contribution in [-0.2, 0) is 14.0 Å². The molecule has 1 fully saturated rings. The molecule has 0 aromatic rings. The Morgan fingerprint density at radius 2 is 1.92 bits per heavy atom. The van der Waals surface area contributed by atoms with Crippen molar-refractivity contribution in [2.24, 2.45) is 5.92 Å². The molecule has 0 spiro atoms. The summed E-state index contributed by atoms with van der Waals surface area (Å²) in [4.78, 5) is 11.8. The van der Waals surface area contributed by atoms with Gasteiger partial charge in [0.05, 0.1) is 12.7 Å². The maximum Gasteiger partial charge on any atom is 0.333 e. The minimum absolute atomic E-state index is 0.0436. The van der Waals surface area contributed by atoms with E-state index in [0.717, 1.165) is 36.5 Å². The number of carbonyl (C=O) groups excluding carboxylic acids is 1. The van der Waals surface area contributed by atoms with Crippen LogP contribution in [0.5, 0.6) is 0 Å². The summed E-state index contributed by atoms with van der Waals surface area (Å²) in [5.41, 5.74) is 0.828. The van der Waals surface area contributed by atoms with Gasteiger partial charge < -0.3 is 14.3 Å². The lowest BCUT2D eigenvalue weighted by Gasteiger charge is -2.39. The molecule has 3 atom stereocenters. The summed E-state index contributed by atoms with van der Waals surface area (Å²) in [5.74, 6) is -0.198. The molecule has 0 radical (unpaired) electrons. The molecule has 2 rings (SSSR count). The molecule has 1 saturated carbocycles. The van der Waals surface area contributed by atoms with Crippen molar-refractivity contribution in [2.75, 3.05) is 7.11 Å². The highest BCUT2D eigenvalue weighted by Gasteiger charge is 2.49. The minimum Gasteiger partial charge on any atom is -0.466 e. The van der Waals surface area contributed by atoms with Crippen LogP contribution in [0.2, 0.25) is 18.1 Å². The van der Waals surface area contributed by atoms with Gasteiger partial charge in [0.1, 0.15) is 0 Å². The summed E-state index contributed by atoms with van der Waals surface area (Å²) in [6, 6.07) is 3.35. The van der Waals surface area contributed by atoms with Crippen molar-refractivity contribution in [1.29, 1.82) is 0 Å². The number of methoxy groups -OCH3 is 1. The van der Waals surface area contributed by atoms with Crippen LogP contribution in [0.3, 0.4) is 0 Å². The Morgan fingerprint density at radius 1 is 1.28 bits per heavy atom. The first-order valence-corrected chi connectivity index (χ1v) is 12.3. The zero-order valence-electron chi connectivity index (χ0n) is 16.4. The maximum atomic E-state index is 11.8. The Hall–Kier alpha value is -0.913. The molecule has 5 heteroatoms. The van der Waals surface area contributed by atoms with Gasteiger partial charge in [0.15, 0.2) is 8.32 Å². The van der Waals surface area contributed by atoms with E-state index < -0.39 is 13.9 Å². The van der Waals surface area contributed by atoms with Crippen molar-refractivity contribution < 1.29 is 19.1 Å². The first-order chi connectivity index (χ1) is 11.9. The average molecular weight is 367 g/mol. The fraction of sp³-hybridized carbons (Fsp3) is 0.750. The second kappa shape index (κ2) is 8.19. The van der Waals surface area contributed by atoms with Gasteiger partial charge in [-0.2, -0.15) is 0 Å². The molecular formula is C20H34O4Si. The van der Waals surface area contributed by atoms with E-state index in [1.807, 2.05) is 12.2 Å². The van der Waals surface area contributed by atoms with Crippen LogP contribution in [0.15, 0.2) is 23.3 Å². The smallest absolute Gasteiger partial charge is 0.333 e. The Bertz CT molecular complexity index is 542. The number of carbonyl (C=O) groups is 1. The van der Waals surface area contributed by atoms with E-state index in [-0.39, 0.29) is 18.0 Å². The van der Waals surface area contributed by atoms with Gasteiger partial charge in [0, 0.05) is 17.6 Å². The molecule has 4 nitrogen and oxygen atoms in total. The first-order valence-electron chi connectivity index (χ1n) is 9.74. The third-order valence-electron chi connectivity index (χ3n) is 6.54. The van der Waals surface area contributed by atoms with Crippen LogP contribution in [0.4, 0.5) is 0 Å². The SMILES string of the molecule is CC[Si](CC)(CC)O[C@H](C)[C@@H]1CCC2=CC=C(C(=O)OC)CC[C@@]21O. The van der Waals surface area contributed by atoms with Gasteiger partial charge >= 0.3 is 5.97 Å². The lowest BCUT2D eigenvalue weighted by atomic mass is 9.81. The van der Waals surface area contributed by atoms with Crippen molar-refractivity contribution in [3.8, 4) is 0 Å². The van der Waals surface area contributed by atoms with E-state index in [1.54, 1.807) is 0 Å². The van der Waals surface area contributed by atoms with Gasteiger partial charge in [-0.3, -0.25) is 0 Å². The molecule has 1 N–H and O–H groups in total. The van der Waals surface area contributed by atoms with Gasteiger partial charge in [-0.15, -0.1) is 0 Å². The van der Waals surface area contributed by atoms with Crippen LogP contribution in [0.25, 0.3) is 0 Å². The average Bonchev–Trinajstić information content (AvgIpc) is 2.86. The second-order valence-corrected chi connectivity index (χ2v) is 12.2. The molecule has 25 heavy (non-hydrogen) atoms. The monoisotopic (exact) mass is 366 g/mol. The summed E-state index contributed by atoms with van der Waals surface area (Å²) in [7, 11) is -0.302. The number of hydrogen-bond donors (Lipinski definition) is 1. The molecular weight excluding hydrogens is 332 g/mol. The third kappa shape index (κ3) is 3.93. The highest BCUT2D eigenvalue weighted by atomic mass is 28.4. The van der Waals surface area contributed by atoms with Gasteiger partial charge in [0.2, 0.25) is 0 Å². The van der Waals surface area contributed by atoms with Crippen LogP contribution in [-0.4, -0.2) is 38.2 Å². The second-order valence-electron chi connectivity index (χ2n) is 7.51. The standard InChI is InChI=1S/C20H34O4Si/c1-6-25(7-2,8-3)24-15(4)18-12-11-17-10-9-16(19(21)23-5)13-14-20(17,18)22/h9-10,15,18,22H,6-8,11-14H2,1-5H3/t15-,18+,20-/m1/s1. The Balaban J connectivity index is 2.17. The van der Waals surface area contributed by atoms with Crippen LogP contribution in [0.1, 0.15) is 53.4 Å². The number of ether oxygens (including phenoxy) is 1. The number of hydrogen-bond acceptors (Lipinski definition) is 4. The van der Waals surface area contributed by atoms with Crippen molar-refractivity contribution >= 4 is 14.3 Å². The van der Waals surface area contributed by atoms with Gasteiger partial charge in [-0.1, -0.05) is 32.9 Å². The lowest BCUT2D eigenvalue weighted by molar-refractivity contribution is -0.136. The summed E-state index contributed by atoms with van der Waals surface area (Å²) in [6.45, 7) is 8.84. The van der Waals surface area contributed by atoms with E-state index in [4.69, 9.17) is 9.16 Å². The predicted octanol–water partition coefficient (Wildman–Crippen LogP) is 4.36.